The molecule has 0 aromatic rings. The topological polar surface area (TPSA) is 66.8 Å². The van der Waals surface area contributed by atoms with E-state index in [4.69, 9.17) is 9.84 Å². The Bertz CT molecular complexity index is 217. The lowest BCUT2D eigenvalue weighted by atomic mass is 9.96. The first-order valence-electron chi connectivity index (χ1n) is 6.16. The van der Waals surface area contributed by atoms with Crippen LogP contribution in [0.5, 0.6) is 0 Å². The predicted molar refractivity (Wildman–Crippen MR) is 59.8 cm³/mol. The molecule has 4 nitrogen and oxygen atoms in total. The Balaban J connectivity index is 2.27. The van der Waals surface area contributed by atoms with Crippen LogP contribution in [0.25, 0.3) is 0 Å². The summed E-state index contributed by atoms with van der Waals surface area (Å²) in [6.45, 7) is 1.85. The van der Waals surface area contributed by atoms with E-state index < -0.39 is 6.10 Å². The summed E-state index contributed by atoms with van der Waals surface area (Å²) in [7, 11) is 0. The summed E-state index contributed by atoms with van der Waals surface area (Å²) in [5, 5.41) is 18.0. The normalized spacial score (nSPS) is 26.8. The molecular formula is C12H22O4. The summed E-state index contributed by atoms with van der Waals surface area (Å²) in [5.74, 6) is -0.442. The number of cyclic esters (lactones) is 1. The molecule has 0 unspecified atom stereocenters. The summed E-state index contributed by atoms with van der Waals surface area (Å²) < 4.78 is 5.23. The van der Waals surface area contributed by atoms with Gasteiger partial charge in [0.1, 0.15) is 6.10 Å². The third-order valence-corrected chi connectivity index (χ3v) is 3.06. The van der Waals surface area contributed by atoms with Crippen LogP contribution in [0, 0.1) is 5.92 Å². The molecule has 0 aromatic heterocycles. The SMILES string of the molecule is CCCCC[C@@H]1C[C@H](C[C@@H](O)CO)C(=O)O1. The van der Waals surface area contributed by atoms with Crippen LogP contribution in [0.4, 0.5) is 0 Å². The lowest BCUT2D eigenvalue weighted by molar-refractivity contribution is -0.145. The van der Waals surface area contributed by atoms with Crippen LogP contribution in [-0.2, 0) is 9.53 Å². The average molecular weight is 230 g/mol. The molecule has 0 spiro atoms. The van der Waals surface area contributed by atoms with Gasteiger partial charge in [-0.25, -0.2) is 0 Å². The Hall–Kier alpha value is -0.610. The first-order valence-corrected chi connectivity index (χ1v) is 6.16. The van der Waals surface area contributed by atoms with Crippen LogP contribution >= 0.6 is 0 Å². The van der Waals surface area contributed by atoms with Crippen molar-refractivity contribution in [1.82, 2.24) is 0 Å². The van der Waals surface area contributed by atoms with Crippen molar-refractivity contribution in [3.8, 4) is 0 Å². The highest BCUT2D eigenvalue weighted by Crippen LogP contribution is 2.28. The van der Waals surface area contributed by atoms with Crippen molar-refractivity contribution in [1.29, 1.82) is 0 Å². The van der Waals surface area contributed by atoms with Crippen LogP contribution in [0.1, 0.15) is 45.4 Å². The van der Waals surface area contributed by atoms with E-state index in [0.29, 0.717) is 12.8 Å². The first kappa shape index (κ1) is 13.5. The maximum atomic E-state index is 11.5. The third kappa shape index (κ3) is 4.10. The molecule has 0 bridgehead atoms. The van der Waals surface area contributed by atoms with Crippen molar-refractivity contribution in [3.63, 3.8) is 0 Å². The van der Waals surface area contributed by atoms with Crippen LogP contribution < -0.4 is 0 Å². The van der Waals surface area contributed by atoms with Crippen molar-refractivity contribution in [3.05, 3.63) is 0 Å². The van der Waals surface area contributed by atoms with E-state index in [0.717, 1.165) is 25.7 Å². The maximum Gasteiger partial charge on any atom is 0.309 e. The maximum absolute atomic E-state index is 11.5. The van der Waals surface area contributed by atoms with Gasteiger partial charge >= 0.3 is 5.97 Å². The molecule has 0 aliphatic carbocycles. The van der Waals surface area contributed by atoms with Crippen LogP contribution in [-0.4, -0.2) is 35.0 Å². The number of unbranched alkanes of at least 4 members (excludes halogenated alkanes) is 2. The van der Waals surface area contributed by atoms with Gasteiger partial charge in [-0.2, -0.15) is 0 Å². The van der Waals surface area contributed by atoms with Crippen LogP contribution in [0.15, 0.2) is 0 Å². The third-order valence-electron chi connectivity index (χ3n) is 3.06. The second-order valence-corrected chi connectivity index (χ2v) is 4.56. The van der Waals surface area contributed by atoms with Gasteiger partial charge < -0.3 is 14.9 Å². The molecule has 0 amide bonds. The van der Waals surface area contributed by atoms with Gasteiger partial charge in [-0.05, 0) is 25.7 Å². The molecule has 0 aromatic carbocycles. The van der Waals surface area contributed by atoms with Gasteiger partial charge in [0.2, 0.25) is 0 Å². The summed E-state index contributed by atoms with van der Waals surface area (Å²) in [5.41, 5.74) is 0. The average Bonchev–Trinajstić information content (AvgIpc) is 2.60. The Morgan fingerprint density at radius 2 is 2.25 bits per heavy atom. The van der Waals surface area contributed by atoms with E-state index in [-0.39, 0.29) is 24.6 Å². The molecule has 1 aliphatic rings. The monoisotopic (exact) mass is 230 g/mol. The number of carbonyl (C=O) groups excluding carboxylic acids is 1. The van der Waals surface area contributed by atoms with E-state index >= 15 is 0 Å². The number of hydrogen-bond donors (Lipinski definition) is 2. The summed E-state index contributed by atoms with van der Waals surface area (Å²) >= 11 is 0. The van der Waals surface area contributed by atoms with Gasteiger partial charge in [0.15, 0.2) is 0 Å². The van der Waals surface area contributed by atoms with E-state index in [1.165, 1.54) is 0 Å². The van der Waals surface area contributed by atoms with Crippen molar-refractivity contribution >= 4 is 5.97 Å². The van der Waals surface area contributed by atoms with Crippen molar-refractivity contribution in [2.24, 2.45) is 5.92 Å². The fraction of sp³-hybridized carbons (Fsp3) is 0.917. The fourth-order valence-corrected chi connectivity index (χ4v) is 2.12. The van der Waals surface area contributed by atoms with Gasteiger partial charge in [0.25, 0.3) is 0 Å². The second-order valence-electron chi connectivity index (χ2n) is 4.56. The molecule has 4 heteroatoms. The molecule has 1 aliphatic heterocycles. The number of hydrogen-bond acceptors (Lipinski definition) is 4. The zero-order chi connectivity index (χ0) is 12.0. The molecule has 0 radical (unpaired) electrons. The minimum Gasteiger partial charge on any atom is -0.462 e. The fourth-order valence-electron chi connectivity index (χ4n) is 2.12. The lowest BCUT2D eigenvalue weighted by Crippen LogP contribution is -2.20. The summed E-state index contributed by atoms with van der Waals surface area (Å²) in [4.78, 5) is 11.5. The highest BCUT2D eigenvalue weighted by molar-refractivity contribution is 5.74. The van der Waals surface area contributed by atoms with E-state index in [1.807, 2.05) is 0 Å². The molecule has 0 saturated carbocycles. The molecule has 1 rings (SSSR count). The molecule has 16 heavy (non-hydrogen) atoms. The van der Waals surface area contributed by atoms with Crippen molar-refractivity contribution < 1.29 is 19.7 Å². The number of ether oxygens (including phenoxy) is 1. The second kappa shape index (κ2) is 6.86. The van der Waals surface area contributed by atoms with E-state index in [2.05, 4.69) is 6.92 Å². The Labute approximate surface area is 96.6 Å². The highest BCUT2D eigenvalue weighted by Gasteiger charge is 2.34. The van der Waals surface area contributed by atoms with Crippen molar-refractivity contribution in [2.75, 3.05) is 6.61 Å². The summed E-state index contributed by atoms with van der Waals surface area (Å²) in [6.07, 6.45) is 4.57. The predicted octanol–water partition coefficient (Wildman–Crippen LogP) is 1.24. The van der Waals surface area contributed by atoms with Crippen molar-refractivity contribution in [2.45, 2.75) is 57.7 Å². The van der Waals surface area contributed by atoms with E-state index in [9.17, 15) is 9.90 Å². The molecule has 94 valence electrons. The summed E-state index contributed by atoms with van der Waals surface area (Å²) in [6, 6.07) is 0. The molecule has 2 N–H and O–H groups in total. The molecule has 1 fully saturated rings. The Morgan fingerprint density at radius 3 is 2.88 bits per heavy atom. The highest BCUT2D eigenvalue weighted by atomic mass is 16.5. The minimum absolute atomic E-state index is 0.0231. The standard InChI is InChI=1S/C12H22O4/c1-2-3-4-5-11-7-9(12(15)16-11)6-10(14)8-13/h9-11,13-14H,2-8H2,1H3/t9-,10+,11+/m0/s1. The minimum atomic E-state index is -0.799. The molecule has 1 saturated heterocycles. The number of aliphatic hydroxyl groups excluding tert-OH is 2. The molecular weight excluding hydrogens is 208 g/mol. The first-order chi connectivity index (χ1) is 7.67. The molecule has 1 heterocycles. The van der Waals surface area contributed by atoms with E-state index in [1.54, 1.807) is 0 Å². The lowest BCUT2D eigenvalue weighted by Gasteiger charge is -2.09. The van der Waals surface area contributed by atoms with Gasteiger partial charge in [-0.15, -0.1) is 0 Å². The quantitative estimate of drug-likeness (QED) is 0.510. The number of rotatable bonds is 7. The number of aliphatic hydroxyl groups is 2. The smallest absolute Gasteiger partial charge is 0.309 e. The molecule has 3 atom stereocenters. The Kier molecular flexibility index (Phi) is 5.77. The van der Waals surface area contributed by atoms with Gasteiger partial charge in [0.05, 0.1) is 18.6 Å². The zero-order valence-electron chi connectivity index (χ0n) is 9.89. The number of esters is 1. The van der Waals surface area contributed by atoms with Gasteiger partial charge in [0, 0.05) is 0 Å². The number of carbonyl (C=O) groups is 1. The van der Waals surface area contributed by atoms with Gasteiger partial charge in [-0.1, -0.05) is 19.8 Å². The zero-order valence-corrected chi connectivity index (χ0v) is 9.89. The van der Waals surface area contributed by atoms with Crippen LogP contribution in [0.3, 0.4) is 0 Å². The Morgan fingerprint density at radius 1 is 1.50 bits per heavy atom. The van der Waals surface area contributed by atoms with Crippen LogP contribution in [0.2, 0.25) is 0 Å². The largest absolute Gasteiger partial charge is 0.462 e. The van der Waals surface area contributed by atoms with Gasteiger partial charge in [-0.3, -0.25) is 4.79 Å².